The second-order valence-corrected chi connectivity index (χ2v) is 8.21. The number of unbranched alkanes of at least 4 members (excludes halogenated alkanes) is 1. The van der Waals surface area contributed by atoms with Crippen LogP contribution in [0.1, 0.15) is 42.3 Å². The van der Waals surface area contributed by atoms with Gasteiger partial charge in [0, 0.05) is 6.42 Å². The predicted octanol–water partition coefficient (Wildman–Crippen LogP) is 5.22. The summed E-state index contributed by atoms with van der Waals surface area (Å²) in [6, 6.07) is 28.2. The molecule has 5 nitrogen and oxygen atoms in total. The molecule has 0 bridgehead atoms. The first-order valence-electron chi connectivity index (χ1n) is 11.5. The van der Waals surface area contributed by atoms with Gasteiger partial charge in [-0.2, -0.15) is 10.4 Å². The van der Waals surface area contributed by atoms with E-state index in [1.807, 2.05) is 66.7 Å². The Morgan fingerprint density at radius 3 is 2.33 bits per heavy atom. The molecular weight excluding hydrogens is 408 g/mol. The van der Waals surface area contributed by atoms with E-state index in [9.17, 15) is 10.1 Å². The molecule has 0 aliphatic heterocycles. The highest BCUT2D eigenvalue weighted by Gasteiger charge is 2.15. The average molecular weight is 437 g/mol. The summed E-state index contributed by atoms with van der Waals surface area (Å²) in [6.45, 7) is 3.09. The summed E-state index contributed by atoms with van der Waals surface area (Å²) in [5.74, 6) is 0.806. The monoisotopic (exact) mass is 436 g/mol. The van der Waals surface area contributed by atoms with Crippen molar-refractivity contribution in [2.24, 2.45) is 0 Å². The molecule has 33 heavy (non-hydrogen) atoms. The minimum absolute atomic E-state index is 0.0947. The van der Waals surface area contributed by atoms with Crippen LogP contribution in [-0.4, -0.2) is 14.3 Å². The minimum atomic E-state index is -0.0947. The van der Waals surface area contributed by atoms with Crippen LogP contribution in [0.5, 0.6) is 0 Å². The Morgan fingerprint density at radius 2 is 1.64 bits per heavy atom. The maximum atomic E-state index is 13.2. The molecule has 0 aliphatic carbocycles. The highest BCUT2D eigenvalue weighted by atomic mass is 16.2. The van der Waals surface area contributed by atoms with Gasteiger partial charge in [-0.25, -0.2) is 9.48 Å². The van der Waals surface area contributed by atoms with Crippen LogP contribution in [0, 0.1) is 11.3 Å². The largest absolute Gasteiger partial charge is 0.346 e. The van der Waals surface area contributed by atoms with Gasteiger partial charge in [0.1, 0.15) is 5.82 Å². The fourth-order valence-corrected chi connectivity index (χ4v) is 4.02. The maximum absolute atomic E-state index is 13.2. The van der Waals surface area contributed by atoms with Crippen molar-refractivity contribution in [2.75, 3.05) is 0 Å². The van der Waals surface area contributed by atoms with E-state index in [4.69, 9.17) is 0 Å². The third-order valence-corrected chi connectivity index (χ3v) is 5.84. The van der Waals surface area contributed by atoms with Crippen LogP contribution in [0.15, 0.2) is 83.7 Å². The van der Waals surface area contributed by atoms with E-state index in [0.29, 0.717) is 18.7 Å². The second-order valence-electron chi connectivity index (χ2n) is 8.21. The van der Waals surface area contributed by atoms with Crippen LogP contribution >= 0.6 is 0 Å². The maximum Gasteiger partial charge on any atom is 0.346 e. The lowest BCUT2D eigenvalue weighted by atomic mass is 9.98. The van der Waals surface area contributed by atoms with E-state index >= 15 is 0 Å². The summed E-state index contributed by atoms with van der Waals surface area (Å²) >= 11 is 0. The van der Waals surface area contributed by atoms with Gasteiger partial charge in [-0.3, -0.25) is 4.57 Å². The van der Waals surface area contributed by atoms with Crippen LogP contribution in [-0.2, 0) is 25.9 Å². The van der Waals surface area contributed by atoms with Crippen LogP contribution in [0.4, 0.5) is 0 Å². The second kappa shape index (κ2) is 10.6. The first-order valence-corrected chi connectivity index (χ1v) is 11.5. The van der Waals surface area contributed by atoms with Gasteiger partial charge in [0.2, 0.25) is 0 Å². The number of nitrogens with zero attached hydrogens (tertiary/aromatic N) is 4. The van der Waals surface area contributed by atoms with Gasteiger partial charge >= 0.3 is 5.69 Å². The zero-order valence-corrected chi connectivity index (χ0v) is 18.9. The molecule has 166 valence electrons. The quantitative estimate of drug-likeness (QED) is 0.361. The predicted molar refractivity (Wildman–Crippen MR) is 131 cm³/mol. The molecule has 0 aliphatic rings. The van der Waals surface area contributed by atoms with Crippen molar-refractivity contribution in [3.8, 4) is 17.2 Å². The van der Waals surface area contributed by atoms with Crippen molar-refractivity contribution in [2.45, 2.75) is 45.7 Å². The number of aryl methyl sites for hydroxylation is 3. The Labute approximate surface area is 194 Å². The number of hydrogen-bond donors (Lipinski definition) is 0. The zero-order chi connectivity index (χ0) is 23.0. The SMILES string of the molecule is CCCCc1nn(CCc2ccccc2)c(=O)n1Cc1ccc(-c2ccccc2)c(C#N)c1. The van der Waals surface area contributed by atoms with Gasteiger partial charge in [-0.05, 0) is 41.2 Å². The van der Waals surface area contributed by atoms with Gasteiger partial charge in [0.25, 0.3) is 0 Å². The molecule has 0 saturated heterocycles. The normalized spacial score (nSPS) is 10.8. The number of benzene rings is 3. The highest BCUT2D eigenvalue weighted by Crippen LogP contribution is 2.24. The standard InChI is InChI=1S/C28H28N4O/c1-2-3-14-27-30-32(18-17-22-10-6-4-7-11-22)28(33)31(27)21-23-15-16-26(25(19-23)20-29)24-12-8-5-9-13-24/h4-13,15-16,19H,2-3,14,17-18,21H2,1H3. The molecule has 0 N–H and O–H groups in total. The lowest BCUT2D eigenvalue weighted by molar-refractivity contribution is 0.578. The van der Waals surface area contributed by atoms with Crippen molar-refractivity contribution in [1.82, 2.24) is 14.3 Å². The summed E-state index contributed by atoms with van der Waals surface area (Å²) in [5, 5.41) is 14.4. The van der Waals surface area contributed by atoms with Gasteiger partial charge in [0.05, 0.1) is 24.7 Å². The smallest absolute Gasteiger partial charge is 0.274 e. The van der Waals surface area contributed by atoms with Crippen molar-refractivity contribution in [3.63, 3.8) is 0 Å². The van der Waals surface area contributed by atoms with E-state index < -0.39 is 0 Å². The number of nitriles is 1. The Morgan fingerprint density at radius 1 is 0.909 bits per heavy atom. The van der Waals surface area contributed by atoms with Crippen LogP contribution < -0.4 is 5.69 Å². The molecule has 0 saturated carbocycles. The van der Waals surface area contributed by atoms with Crippen molar-refractivity contribution in [1.29, 1.82) is 5.26 Å². The molecule has 0 spiro atoms. The van der Waals surface area contributed by atoms with Crippen LogP contribution in [0.3, 0.4) is 0 Å². The van der Waals surface area contributed by atoms with Crippen molar-refractivity contribution >= 4 is 0 Å². The number of aromatic nitrogens is 3. The topological polar surface area (TPSA) is 63.6 Å². The van der Waals surface area contributed by atoms with E-state index in [1.165, 1.54) is 5.56 Å². The Kier molecular flexibility index (Phi) is 7.16. The summed E-state index contributed by atoms with van der Waals surface area (Å²) in [5.41, 5.74) is 4.54. The van der Waals surface area contributed by atoms with Gasteiger partial charge in [0.15, 0.2) is 0 Å². The molecular formula is C28H28N4O. The zero-order valence-electron chi connectivity index (χ0n) is 18.9. The summed E-state index contributed by atoms with van der Waals surface area (Å²) < 4.78 is 3.35. The van der Waals surface area contributed by atoms with Gasteiger partial charge < -0.3 is 0 Å². The molecule has 3 aromatic carbocycles. The number of rotatable bonds is 9. The lowest BCUT2D eigenvalue weighted by Crippen LogP contribution is -2.26. The fraction of sp³-hybridized carbons (Fsp3) is 0.250. The first-order chi connectivity index (χ1) is 16.2. The molecule has 4 rings (SSSR count). The average Bonchev–Trinajstić information content (AvgIpc) is 3.16. The minimum Gasteiger partial charge on any atom is -0.274 e. The van der Waals surface area contributed by atoms with Crippen molar-refractivity contribution in [3.05, 3.63) is 112 Å². The summed E-state index contributed by atoms with van der Waals surface area (Å²) in [6.07, 6.45) is 3.54. The number of hydrogen-bond acceptors (Lipinski definition) is 3. The Hall–Kier alpha value is -3.91. The van der Waals surface area contributed by atoms with E-state index in [0.717, 1.165) is 48.2 Å². The molecule has 0 radical (unpaired) electrons. The summed E-state index contributed by atoms with van der Waals surface area (Å²) in [4.78, 5) is 13.2. The van der Waals surface area contributed by atoms with Gasteiger partial charge in [-0.15, -0.1) is 0 Å². The third kappa shape index (κ3) is 5.30. The van der Waals surface area contributed by atoms with E-state index in [1.54, 1.807) is 9.25 Å². The molecule has 0 unspecified atom stereocenters. The molecule has 0 amide bonds. The molecule has 0 fully saturated rings. The molecule has 0 atom stereocenters. The molecule has 5 heteroatoms. The van der Waals surface area contributed by atoms with Crippen LogP contribution in [0.2, 0.25) is 0 Å². The third-order valence-electron chi connectivity index (χ3n) is 5.84. The highest BCUT2D eigenvalue weighted by molar-refractivity contribution is 5.70. The first kappa shape index (κ1) is 22.3. The van der Waals surface area contributed by atoms with Crippen molar-refractivity contribution < 1.29 is 0 Å². The molecule has 1 aromatic heterocycles. The lowest BCUT2D eigenvalue weighted by Gasteiger charge is -2.09. The Balaban J connectivity index is 1.62. The van der Waals surface area contributed by atoms with Gasteiger partial charge in [-0.1, -0.05) is 86.1 Å². The van der Waals surface area contributed by atoms with Crippen LogP contribution in [0.25, 0.3) is 11.1 Å². The van der Waals surface area contributed by atoms with E-state index in [-0.39, 0.29) is 5.69 Å². The fourth-order valence-electron chi connectivity index (χ4n) is 4.02. The van der Waals surface area contributed by atoms with E-state index in [2.05, 4.69) is 30.2 Å². The molecule has 1 heterocycles. The Bertz CT molecular complexity index is 1300. The summed E-state index contributed by atoms with van der Waals surface area (Å²) in [7, 11) is 0. The molecule has 4 aromatic rings.